The fraction of sp³-hybridized carbons (Fsp3) is 0.273. The predicted molar refractivity (Wildman–Crippen MR) is 60.2 cm³/mol. The average molecular weight is 256 g/mol. The highest BCUT2D eigenvalue weighted by Crippen LogP contribution is 2.10. The van der Waals surface area contributed by atoms with Crippen molar-refractivity contribution in [3.8, 4) is 5.75 Å². The summed E-state index contributed by atoms with van der Waals surface area (Å²) in [7, 11) is 0. The van der Waals surface area contributed by atoms with Crippen LogP contribution in [0.5, 0.6) is 5.75 Å². The maximum absolute atomic E-state index is 12.6. The molecule has 0 spiro atoms. The average Bonchev–Trinajstić information content (AvgIpc) is 2.36. The molecule has 0 radical (unpaired) electrons. The van der Waals surface area contributed by atoms with Crippen molar-refractivity contribution >= 4 is 12.0 Å². The van der Waals surface area contributed by atoms with Gasteiger partial charge in [0.15, 0.2) is 6.61 Å². The topological polar surface area (TPSA) is 76.7 Å². The second-order valence-corrected chi connectivity index (χ2v) is 3.14. The summed E-state index contributed by atoms with van der Waals surface area (Å²) in [6.45, 7) is 1.53. The van der Waals surface area contributed by atoms with Gasteiger partial charge in [-0.05, 0) is 31.2 Å². The molecule has 1 aromatic carbocycles. The summed E-state index contributed by atoms with van der Waals surface area (Å²) < 4.78 is 22.1. The number of carbonyl (C=O) groups is 2. The van der Waals surface area contributed by atoms with Gasteiger partial charge in [-0.3, -0.25) is 10.2 Å². The van der Waals surface area contributed by atoms with Gasteiger partial charge in [0, 0.05) is 0 Å². The fourth-order valence-electron chi connectivity index (χ4n) is 1.00. The Morgan fingerprint density at radius 1 is 1.22 bits per heavy atom. The Morgan fingerprint density at radius 2 is 1.89 bits per heavy atom. The Hall–Kier alpha value is -2.31. The van der Waals surface area contributed by atoms with Crippen LogP contribution in [0.25, 0.3) is 0 Å². The molecule has 0 heterocycles. The second kappa shape index (κ2) is 7.10. The SMILES string of the molecule is CCOC(=O)NNC(=O)COc1ccc(F)cc1. The molecule has 98 valence electrons. The van der Waals surface area contributed by atoms with Crippen LogP contribution in [0, 0.1) is 5.82 Å². The Labute approximate surface area is 103 Å². The molecule has 6 nitrogen and oxygen atoms in total. The molecule has 0 saturated heterocycles. The highest BCUT2D eigenvalue weighted by Gasteiger charge is 2.05. The van der Waals surface area contributed by atoms with E-state index >= 15 is 0 Å². The number of hydrogen-bond acceptors (Lipinski definition) is 4. The molecule has 0 atom stereocenters. The van der Waals surface area contributed by atoms with Gasteiger partial charge < -0.3 is 9.47 Å². The van der Waals surface area contributed by atoms with Gasteiger partial charge in [0.25, 0.3) is 5.91 Å². The molecular formula is C11H13FN2O4. The van der Waals surface area contributed by atoms with Crippen molar-refractivity contribution < 1.29 is 23.5 Å². The molecule has 2 amide bonds. The molecule has 0 bridgehead atoms. The molecule has 0 aliphatic carbocycles. The zero-order valence-electron chi connectivity index (χ0n) is 9.73. The largest absolute Gasteiger partial charge is 0.484 e. The quantitative estimate of drug-likeness (QED) is 0.787. The van der Waals surface area contributed by atoms with Crippen molar-refractivity contribution in [2.75, 3.05) is 13.2 Å². The van der Waals surface area contributed by atoms with E-state index in [9.17, 15) is 14.0 Å². The molecule has 18 heavy (non-hydrogen) atoms. The highest BCUT2D eigenvalue weighted by molar-refractivity contribution is 5.80. The van der Waals surface area contributed by atoms with E-state index in [4.69, 9.17) is 4.74 Å². The maximum Gasteiger partial charge on any atom is 0.426 e. The monoisotopic (exact) mass is 256 g/mol. The predicted octanol–water partition coefficient (Wildman–Crippen LogP) is 0.982. The minimum absolute atomic E-state index is 0.202. The van der Waals surface area contributed by atoms with Gasteiger partial charge in [0.05, 0.1) is 6.61 Å². The molecular weight excluding hydrogens is 243 g/mol. The van der Waals surface area contributed by atoms with Crippen molar-refractivity contribution in [3.05, 3.63) is 30.1 Å². The molecule has 1 aromatic rings. The molecule has 0 fully saturated rings. The van der Waals surface area contributed by atoms with Crippen molar-refractivity contribution in [3.63, 3.8) is 0 Å². The third-order valence-electron chi connectivity index (χ3n) is 1.76. The number of rotatable bonds is 4. The first-order valence-electron chi connectivity index (χ1n) is 5.21. The van der Waals surface area contributed by atoms with Gasteiger partial charge in [0.1, 0.15) is 11.6 Å². The molecule has 0 aromatic heterocycles. The second-order valence-electron chi connectivity index (χ2n) is 3.14. The molecule has 7 heteroatoms. The van der Waals surface area contributed by atoms with E-state index in [-0.39, 0.29) is 13.2 Å². The van der Waals surface area contributed by atoms with Gasteiger partial charge in [0.2, 0.25) is 0 Å². The van der Waals surface area contributed by atoms with E-state index < -0.39 is 17.8 Å². The molecule has 0 unspecified atom stereocenters. The van der Waals surface area contributed by atoms with Gasteiger partial charge >= 0.3 is 6.09 Å². The van der Waals surface area contributed by atoms with Gasteiger partial charge in [-0.25, -0.2) is 14.6 Å². The van der Waals surface area contributed by atoms with Crippen LogP contribution < -0.4 is 15.6 Å². The smallest absolute Gasteiger partial charge is 0.426 e. The van der Waals surface area contributed by atoms with E-state index in [1.165, 1.54) is 24.3 Å². The fourth-order valence-corrected chi connectivity index (χ4v) is 1.00. The third kappa shape index (κ3) is 5.15. The van der Waals surface area contributed by atoms with Crippen LogP contribution in [0.3, 0.4) is 0 Å². The third-order valence-corrected chi connectivity index (χ3v) is 1.76. The number of ether oxygens (including phenoxy) is 2. The number of nitrogens with one attached hydrogen (secondary N) is 2. The van der Waals surface area contributed by atoms with Crippen LogP contribution in [0.1, 0.15) is 6.92 Å². The maximum atomic E-state index is 12.6. The minimum atomic E-state index is -0.757. The summed E-state index contributed by atoms with van der Waals surface area (Å²) in [6, 6.07) is 5.21. The van der Waals surface area contributed by atoms with Crippen LogP contribution in [-0.4, -0.2) is 25.2 Å². The van der Waals surface area contributed by atoms with E-state index in [2.05, 4.69) is 10.2 Å². The summed E-state index contributed by atoms with van der Waals surface area (Å²) in [5.74, 6) is -0.606. The van der Waals surface area contributed by atoms with E-state index in [0.29, 0.717) is 5.75 Å². The number of hydrogen-bond donors (Lipinski definition) is 2. The summed E-state index contributed by atoms with van der Waals surface area (Å²) >= 11 is 0. The first kappa shape index (κ1) is 13.8. The van der Waals surface area contributed by atoms with Crippen LogP contribution in [-0.2, 0) is 9.53 Å². The molecule has 0 aliphatic heterocycles. The summed E-state index contributed by atoms with van der Waals surface area (Å²) in [5.41, 5.74) is 4.11. The lowest BCUT2D eigenvalue weighted by molar-refractivity contribution is -0.123. The summed E-state index contributed by atoms with van der Waals surface area (Å²) in [4.78, 5) is 22.0. The number of amides is 2. The number of hydrazine groups is 1. The molecule has 2 N–H and O–H groups in total. The molecule has 0 saturated carbocycles. The lowest BCUT2D eigenvalue weighted by atomic mass is 10.3. The van der Waals surface area contributed by atoms with Crippen molar-refractivity contribution in [2.45, 2.75) is 6.92 Å². The molecule has 1 rings (SSSR count). The number of halogens is 1. The standard InChI is InChI=1S/C11H13FN2O4/c1-2-17-11(16)14-13-10(15)7-18-9-5-3-8(12)4-6-9/h3-6H,2,7H2,1H3,(H,13,15)(H,14,16). The van der Waals surface area contributed by atoms with E-state index in [1.807, 2.05) is 5.43 Å². The Bertz CT molecular complexity index is 408. The van der Waals surface area contributed by atoms with Gasteiger partial charge in [-0.2, -0.15) is 0 Å². The van der Waals surface area contributed by atoms with Crippen molar-refractivity contribution in [2.24, 2.45) is 0 Å². The lowest BCUT2D eigenvalue weighted by Crippen LogP contribution is -2.44. The number of benzene rings is 1. The summed E-state index contributed by atoms with van der Waals surface area (Å²) in [6.07, 6.45) is -0.757. The van der Waals surface area contributed by atoms with E-state index in [1.54, 1.807) is 6.92 Å². The van der Waals surface area contributed by atoms with Crippen LogP contribution in [0.2, 0.25) is 0 Å². The van der Waals surface area contributed by atoms with Crippen LogP contribution >= 0.6 is 0 Å². The van der Waals surface area contributed by atoms with E-state index in [0.717, 1.165) is 0 Å². The van der Waals surface area contributed by atoms with Gasteiger partial charge in [-0.15, -0.1) is 0 Å². The zero-order valence-corrected chi connectivity index (χ0v) is 9.73. The highest BCUT2D eigenvalue weighted by atomic mass is 19.1. The van der Waals surface area contributed by atoms with Crippen molar-refractivity contribution in [1.29, 1.82) is 0 Å². The summed E-state index contributed by atoms with van der Waals surface area (Å²) in [5, 5.41) is 0. The van der Waals surface area contributed by atoms with Crippen LogP contribution in [0.15, 0.2) is 24.3 Å². The van der Waals surface area contributed by atoms with Crippen LogP contribution in [0.4, 0.5) is 9.18 Å². The van der Waals surface area contributed by atoms with Gasteiger partial charge in [-0.1, -0.05) is 0 Å². The molecule has 0 aliphatic rings. The number of carbonyl (C=O) groups excluding carboxylic acids is 2. The zero-order chi connectivity index (χ0) is 13.4. The van der Waals surface area contributed by atoms with Crippen molar-refractivity contribution in [1.82, 2.24) is 10.9 Å². The Balaban J connectivity index is 2.24. The minimum Gasteiger partial charge on any atom is -0.484 e. The normalized spacial score (nSPS) is 9.44. The lowest BCUT2D eigenvalue weighted by Gasteiger charge is -2.08. The first-order chi connectivity index (χ1) is 8.61. The Morgan fingerprint density at radius 3 is 2.50 bits per heavy atom. The Kier molecular flexibility index (Phi) is 5.43. The first-order valence-corrected chi connectivity index (χ1v) is 5.21.